The first-order valence-corrected chi connectivity index (χ1v) is 10.1. The van der Waals surface area contributed by atoms with Crippen molar-refractivity contribution in [2.24, 2.45) is 5.73 Å². The summed E-state index contributed by atoms with van der Waals surface area (Å²) in [7, 11) is -3.65. The number of nitrogens with one attached hydrogen (secondary N) is 2. The maximum Gasteiger partial charge on any atom is 0.241 e. The number of carbonyl (C=O) groups is 1. The summed E-state index contributed by atoms with van der Waals surface area (Å²) in [6.07, 6.45) is 2.51. The zero-order valence-corrected chi connectivity index (χ0v) is 16.8. The number of rotatable bonds is 7. The molecule has 1 aromatic carbocycles. The lowest BCUT2D eigenvalue weighted by molar-refractivity contribution is -0.117. The molecule has 1 atom stereocenters. The Kier molecular flexibility index (Phi) is 9.30. The Morgan fingerprint density at radius 3 is 2.50 bits per heavy atom. The molecule has 0 heterocycles. The molecule has 24 heavy (non-hydrogen) atoms. The number of carbonyl (C=O) groups excluding carboxylic acids is 1. The fourth-order valence-electron chi connectivity index (χ4n) is 1.81. The molecule has 0 saturated heterocycles. The molecule has 0 saturated carbocycles. The van der Waals surface area contributed by atoms with E-state index in [1.807, 2.05) is 6.26 Å². The minimum Gasteiger partial charge on any atom is -0.325 e. The summed E-state index contributed by atoms with van der Waals surface area (Å²) < 4.78 is 27.2. The van der Waals surface area contributed by atoms with Gasteiger partial charge in [-0.3, -0.25) is 4.79 Å². The average molecular weight is 396 g/mol. The van der Waals surface area contributed by atoms with E-state index in [9.17, 15) is 13.2 Å². The van der Waals surface area contributed by atoms with Gasteiger partial charge in [0.2, 0.25) is 15.9 Å². The summed E-state index contributed by atoms with van der Waals surface area (Å²) in [5.74, 6) is 0.468. The molecule has 1 aromatic rings. The number of hydrogen-bond acceptors (Lipinski definition) is 5. The number of amides is 1. The summed E-state index contributed by atoms with van der Waals surface area (Å²) in [5.41, 5.74) is 5.63. The average Bonchev–Trinajstić information content (AvgIpc) is 2.42. The van der Waals surface area contributed by atoms with Crippen LogP contribution in [0.4, 0.5) is 5.69 Å². The highest BCUT2D eigenvalue weighted by Crippen LogP contribution is 2.17. The third-order valence-corrected chi connectivity index (χ3v) is 5.22. The summed E-state index contributed by atoms with van der Waals surface area (Å²) in [4.78, 5) is 12.1. The Labute approximate surface area is 154 Å². The van der Waals surface area contributed by atoms with Crippen LogP contribution in [-0.2, 0) is 14.8 Å². The van der Waals surface area contributed by atoms with Crippen LogP contribution >= 0.6 is 24.2 Å². The number of hydrogen-bond donors (Lipinski definition) is 3. The van der Waals surface area contributed by atoms with E-state index in [1.54, 1.807) is 44.7 Å². The molecular weight excluding hydrogens is 370 g/mol. The lowest BCUT2D eigenvalue weighted by atomic mass is 10.1. The van der Waals surface area contributed by atoms with Crippen molar-refractivity contribution >= 4 is 45.8 Å². The molecule has 0 radical (unpaired) electrons. The van der Waals surface area contributed by atoms with Crippen molar-refractivity contribution in [2.75, 3.05) is 17.3 Å². The normalized spacial score (nSPS) is 13.0. The van der Waals surface area contributed by atoms with E-state index in [0.29, 0.717) is 12.1 Å². The molecule has 6 nitrogen and oxygen atoms in total. The fourth-order valence-corrected chi connectivity index (χ4v) is 3.77. The van der Waals surface area contributed by atoms with Gasteiger partial charge in [-0.2, -0.15) is 11.8 Å². The molecule has 0 aromatic heterocycles. The molecule has 0 fully saturated rings. The molecule has 1 rings (SSSR count). The van der Waals surface area contributed by atoms with Gasteiger partial charge in [0.05, 0.1) is 10.9 Å². The van der Waals surface area contributed by atoms with E-state index in [-0.39, 0.29) is 23.2 Å². The van der Waals surface area contributed by atoms with Crippen LogP contribution in [0.2, 0.25) is 0 Å². The van der Waals surface area contributed by atoms with Crippen molar-refractivity contribution in [3.63, 3.8) is 0 Å². The molecule has 9 heteroatoms. The van der Waals surface area contributed by atoms with Crippen LogP contribution in [0.25, 0.3) is 0 Å². The monoisotopic (exact) mass is 395 g/mol. The Bertz CT molecular complexity index is 646. The number of thioether (sulfide) groups is 1. The minimum atomic E-state index is -3.65. The lowest BCUT2D eigenvalue weighted by Crippen LogP contribution is -2.40. The van der Waals surface area contributed by atoms with Crippen LogP contribution in [0.1, 0.15) is 27.2 Å². The standard InChI is InChI=1S/C15H25N3O3S2.ClH/c1-15(2,3)18-23(20,21)12-7-5-6-11(10-12)17-14(19)13(16)8-9-22-4;/h5-7,10,13,18H,8-9,16H2,1-4H3,(H,17,19);1H/t13-;/m0./s1. The predicted molar refractivity (Wildman–Crippen MR) is 103 cm³/mol. The van der Waals surface area contributed by atoms with Gasteiger partial charge in [-0.1, -0.05) is 6.07 Å². The SMILES string of the molecule is CSCC[C@H](N)C(=O)Nc1cccc(S(=O)(=O)NC(C)(C)C)c1.Cl. The predicted octanol–water partition coefficient (Wildman–Crippen LogP) is 2.20. The summed E-state index contributed by atoms with van der Waals surface area (Å²) >= 11 is 1.62. The van der Waals surface area contributed by atoms with Gasteiger partial charge in [-0.15, -0.1) is 12.4 Å². The topological polar surface area (TPSA) is 101 Å². The van der Waals surface area contributed by atoms with Crippen molar-refractivity contribution in [3.8, 4) is 0 Å². The highest BCUT2D eigenvalue weighted by molar-refractivity contribution is 7.98. The number of anilines is 1. The molecule has 4 N–H and O–H groups in total. The second kappa shape index (κ2) is 9.62. The van der Waals surface area contributed by atoms with E-state index in [2.05, 4.69) is 10.0 Å². The first kappa shape index (κ1) is 23.2. The Hall–Kier alpha value is -0.800. The lowest BCUT2D eigenvalue weighted by Gasteiger charge is -2.20. The third-order valence-electron chi connectivity index (χ3n) is 2.82. The zero-order chi connectivity index (χ0) is 17.7. The van der Waals surface area contributed by atoms with Crippen molar-refractivity contribution in [2.45, 2.75) is 43.7 Å². The molecule has 0 aliphatic carbocycles. The van der Waals surface area contributed by atoms with Crippen LogP contribution in [-0.4, -0.2) is 37.9 Å². The number of benzene rings is 1. The van der Waals surface area contributed by atoms with Crippen molar-refractivity contribution in [1.82, 2.24) is 4.72 Å². The van der Waals surface area contributed by atoms with Gasteiger partial charge in [-0.05, 0) is 57.4 Å². The van der Waals surface area contributed by atoms with E-state index in [1.165, 1.54) is 12.1 Å². The largest absolute Gasteiger partial charge is 0.325 e. The highest BCUT2D eigenvalue weighted by atomic mass is 35.5. The van der Waals surface area contributed by atoms with Crippen LogP contribution in [0, 0.1) is 0 Å². The number of sulfonamides is 1. The van der Waals surface area contributed by atoms with Gasteiger partial charge in [0.15, 0.2) is 0 Å². The Balaban J connectivity index is 0.00000529. The summed E-state index contributed by atoms with van der Waals surface area (Å²) in [5, 5.41) is 2.66. The highest BCUT2D eigenvalue weighted by Gasteiger charge is 2.22. The van der Waals surface area contributed by atoms with E-state index >= 15 is 0 Å². The van der Waals surface area contributed by atoms with Gasteiger partial charge in [0, 0.05) is 11.2 Å². The summed E-state index contributed by atoms with van der Waals surface area (Å²) in [6.45, 7) is 5.29. The molecule has 0 bridgehead atoms. The van der Waals surface area contributed by atoms with Crippen LogP contribution in [0.3, 0.4) is 0 Å². The van der Waals surface area contributed by atoms with Crippen LogP contribution < -0.4 is 15.8 Å². The molecule has 1 amide bonds. The van der Waals surface area contributed by atoms with Gasteiger partial charge < -0.3 is 11.1 Å². The molecule has 0 aliphatic rings. The smallest absolute Gasteiger partial charge is 0.241 e. The first-order chi connectivity index (χ1) is 10.5. The van der Waals surface area contributed by atoms with E-state index < -0.39 is 21.6 Å². The van der Waals surface area contributed by atoms with Crippen LogP contribution in [0.5, 0.6) is 0 Å². The second-order valence-corrected chi connectivity index (χ2v) is 8.93. The third kappa shape index (κ3) is 7.85. The van der Waals surface area contributed by atoms with Crippen molar-refractivity contribution < 1.29 is 13.2 Å². The molecule has 0 spiro atoms. The quantitative estimate of drug-likeness (QED) is 0.656. The van der Waals surface area contributed by atoms with Gasteiger partial charge in [0.25, 0.3) is 0 Å². The Morgan fingerprint density at radius 2 is 1.96 bits per heavy atom. The maximum absolute atomic E-state index is 12.3. The molecule has 138 valence electrons. The van der Waals surface area contributed by atoms with E-state index in [0.717, 1.165) is 5.75 Å². The van der Waals surface area contributed by atoms with Crippen molar-refractivity contribution in [3.05, 3.63) is 24.3 Å². The molecule has 0 unspecified atom stereocenters. The first-order valence-electron chi connectivity index (χ1n) is 7.24. The molecule has 0 aliphatic heterocycles. The number of nitrogens with two attached hydrogens (primary N) is 1. The fraction of sp³-hybridized carbons (Fsp3) is 0.533. The van der Waals surface area contributed by atoms with Gasteiger partial charge in [0.1, 0.15) is 0 Å². The Morgan fingerprint density at radius 1 is 1.33 bits per heavy atom. The van der Waals surface area contributed by atoms with Gasteiger partial charge in [-0.25, -0.2) is 13.1 Å². The minimum absolute atomic E-state index is 0. The number of halogens is 1. The van der Waals surface area contributed by atoms with Crippen LogP contribution in [0.15, 0.2) is 29.2 Å². The van der Waals surface area contributed by atoms with E-state index in [4.69, 9.17) is 5.73 Å². The van der Waals surface area contributed by atoms with Crippen molar-refractivity contribution in [1.29, 1.82) is 0 Å². The zero-order valence-electron chi connectivity index (χ0n) is 14.3. The molecular formula is C15H26ClN3O3S2. The van der Waals surface area contributed by atoms with Gasteiger partial charge >= 0.3 is 0 Å². The summed E-state index contributed by atoms with van der Waals surface area (Å²) in [6, 6.07) is 5.51. The second-order valence-electron chi connectivity index (χ2n) is 6.26. The maximum atomic E-state index is 12.3.